The van der Waals surface area contributed by atoms with Crippen molar-refractivity contribution in [3.8, 4) is 0 Å². The van der Waals surface area contributed by atoms with E-state index in [0.29, 0.717) is 25.7 Å². The number of esters is 4. The van der Waals surface area contributed by atoms with Crippen LogP contribution in [-0.2, 0) is 65.4 Å². The number of hydrogen-bond donors (Lipinski definition) is 3. The molecule has 0 aliphatic rings. The molecule has 93 heavy (non-hydrogen) atoms. The van der Waals surface area contributed by atoms with E-state index in [1.807, 2.05) is 0 Å². The molecule has 17 nitrogen and oxygen atoms in total. The Hall–Kier alpha value is -1.94. The fourth-order valence-corrected chi connectivity index (χ4v) is 12.8. The Bertz CT molecular complexity index is 1810. The van der Waals surface area contributed by atoms with Crippen LogP contribution in [0.15, 0.2) is 0 Å². The number of carbonyl (C=O) groups is 4. The molecule has 6 atom stereocenters. The van der Waals surface area contributed by atoms with Crippen LogP contribution in [0, 0.1) is 11.8 Å². The van der Waals surface area contributed by atoms with Crippen molar-refractivity contribution < 1.29 is 80.2 Å². The summed E-state index contributed by atoms with van der Waals surface area (Å²) in [6.45, 7) is 9.63. The fraction of sp³-hybridized carbons (Fsp3) is 0.946. The number of phosphoric acid groups is 2. The molecule has 0 saturated carbocycles. The number of hydrogen-bond acceptors (Lipinski definition) is 15. The SMILES string of the molecule is CCCCCCCCCCCCCC(=O)O[C@H](COC(=O)CCCCCCCCCCCC)COP(=O)(O)OC[C@H](O)COP(=O)(O)OC[C@@H](COC(=O)CCCCCCCCCCCCC(C)CC)OC(=O)CCCCCCCCCCCCCCCCCC(C)C. The third kappa shape index (κ3) is 67.0. The van der Waals surface area contributed by atoms with Gasteiger partial charge in [-0.2, -0.15) is 0 Å². The van der Waals surface area contributed by atoms with Crippen LogP contribution in [0.4, 0.5) is 0 Å². The van der Waals surface area contributed by atoms with Gasteiger partial charge in [0.15, 0.2) is 12.2 Å². The molecule has 0 fully saturated rings. The molecule has 3 unspecified atom stereocenters. The van der Waals surface area contributed by atoms with E-state index in [1.54, 1.807) is 0 Å². The Balaban J connectivity index is 5.23. The average Bonchev–Trinajstić information content (AvgIpc) is 2.64. The maximum absolute atomic E-state index is 13.1. The summed E-state index contributed by atoms with van der Waals surface area (Å²) >= 11 is 0. The molecule has 0 rings (SSSR count). The second kappa shape index (κ2) is 66.0. The van der Waals surface area contributed by atoms with Gasteiger partial charge in [-0.15, -0.1) is 0 Å². The highest BCUT2D eigenvalue weighted by Gasteiger charge is 2.30. The third-order valence-electron chi connectivity index (χ3n) is 17.6. The van der Waals surface area contributed by atoms with Crippen LogP contribution < -0.4 is 0 Å². The molecule has 0 aliphatic carbocycles. The summed E-state index contributed by atoms with van der Waals surface area (Å²) in [5, 5.41) is 10.6. The normalized spacial score (nSPS) is 14.3. The molecule has 0 radical (unpaired) electrons. The first-order valence-electron chi connectivity index (χ1n) is 38.5. The lowest BCUT2D eigenvalue weighted by Gasteiger charge is -2.21. The number of carbonyl (C=O) groups excluding carboxylic acids is 4. The molecule has 0 aromatic rings. The predicted molar refractivity (Wildman–Crippen MR) is 377 cm³/mol. The maximum Gasteiger partial charge on any atom is 0.472 e. The molecule has 0 aromatic heterocycles. The lowest BCUT2D eigenvalue weighted by Crippen LogP contribution is -2.30. The standard InChI is InChI=1S/C74H144O17P2/c1-7-10-12-14-16-18-25-34-40-46-52-58-73(78)90-69(62-84-71(76)56-50-44-38-32-19-17-15-13-11-8-2)64-88-92(80,81)86-60-68(75)61-87-93(82,83)89-65-70(63-85-72(77)57-51-45-39-33-29-28-31-37-43-49-55-67(6)9-3)91-74(79)59-53-47-41-35-27-24-22-20-21-23-26-30-36-42-48-54-66(4)5/h66-70,75H,7-65H2,1-6H3,(H,80,81)(H,82,83)/t67?,68-,69+,70+/m0/s1. The molecule has 0 spiro atoms. The number of aliphatic hydroxyl groups excluding tert-OH is 1. The second-order valence-electron chi connectivity index (χ2n) is 27.4. The zero-order chi connectivity index (χ0) is 68.6. The van der Waals surface area contributed by atoms with Gasteiger partial charge >= 0.3 is 39.5 Å². The van der Waals surface area contributed by atoms with E-state index in [-0.39, 0.29) is 25.7 Å². The minimum absolute atomic E-state index is 0.107. The Morgan fingerprint density at radius 2 is 0.548 bits per heavy atom. The van der Waals surface area contributed by atoms with E-state index < -0.39 is 97.5 Å². The summed E-state index contributed by atoms with van der Waals surface area (Å²) in [6.07, 6.45) is 52.5. The van der Waals surface area contributed by atoms with Crippen molar-refractivity contribution in [2.45, 2.75) is 400 Å². The number of rotatable bonds is 73. The molecule has 0 amide bonds. The third-order valence-corrected chi connectivity index (χ3v) is 19.5. The van der Waals surface area contributed by atoms with Crippen molar-refractivity contribution in [1.82, 2.24) is 0 Å². The van der Waals surface area contributed by atoms with Crippen LogP contribution in [0.25, 0.3) is 0 Å². The first-order chi connectivity index (χ1) is 44.9. The smallest absolute Gasteiger partial charge is 0.462 e. The Kier molecular flexibility index (Phi) is 64.6. The van der Waals surface area contributed by atoms with Crippen LogP contribution >= 0.6 is 15.6 Å². The van der Waals surface area contributed by atoms with E-state index in [1.165, 1.54) is 199 Å². The molecular weight excluding hydrogens is 1220 g/mol. The number of unbranched alkanes of at least 4 members (excludes halogenated alkanes) is 42. The first-order valence-corrected chi connectivity index (χ1v) is 41.5. The molecular formula is C74H144O17P2. The van der Waals surface area contributed by atoms with Crippen LogP contribution in [-0.4, -0.2) is 96.7 Å². The monoisotopic (exact) mass is 1370 g/mol. The Morgan fingerprint density at radius 3 is 0.817 bits per heavy atom. The number of aliphatic hydroxyl groups is 1. The summed E-state index contributed by atoms with van der Waals surface area (Å²) in [4.78, 5) is 72.7. The van der Waals surface area contributed by atoms with Crippen LogP contribution in [0.2, 0.25) is 0 Å². The zero-order valence-corrected chi connectivity index (χ0v) is 62.3. The van der Waals surface area contributed by atoms with E-state index in [2.05, 4.69) is 41.5 Å². The lowest BCUT2D eigenvalue weighted by molar-refractivity contribution is -0.161. The summed E-state index contributed by atoms with van der Waals surface area (Å²) < 4.78 is 68.4. The van der Waals surface area contributed by atoms with Gasteiger partial charge in [-0.25, -0.2) is 9.13 Å². The van der Waals surface area contributed by atoms with E-state index in [9.17, 15) is 43.2 Å². The second-order valence-corrected chi connectivity index (χ2v) is 30.3. The van der Waals surface area contributed by atoms with Crippen LogP contribution in [0.5, 0.6) is 0 Å². The fourth-order valence-electron chi connectivity index (χ4n) is 11.3. The molecule has 19 heteroatoms. The van der Waals surface area contributed by atoms with Gasteiger partial charge in [-0.1, -0.05) is 330 Å². The highest BCUT2D eigenvalue weighted by molar-refractivity contribution is 7.47. The zero-order valence-electron chi connectivity index (χ0n) is 60.6. The van der Waals surface area contributed by atoms with Gasteiger partial charge in [0.25, 0.3) is 0 Å². The summed E-state index contributed by atoms with van der Waals surface area (Å²) in [7, 11) is -9.90. The predicted octanol–water partition coefficient (Wildman–Crippen LogP) is 21.6. The first kappa shape index (κ1) is 91.1. The molecule has 0 bridgehead atoms. The largest absolute Gasteiger partial charge is 0.472 e. The highest BCUT2D eigenvalue weighted by Crippen LogP contribution is 2.45. The molecule has 3 N–H and O–H groups in total. The van der Waals surface area contributed by atoms with Gasteiger partial charge in [0.1, 0.15) is 19.3 Å². The summed E-state index contributed by atoms with van der Waals surface area (Å²) in [5.74, 6) is -0.505. The van der Waals surface area contributed by atoms with Gasteiger partial charge < -0.3 is 33.8 Å². The minimum Gasteiger partial charge on any atom is -0.462 e. The molecule has 552 valence electrons. The lowest BCUT2D eigenvalue weighted by atomic mass is 9.99. The van der Waals surface area contributed by atoms with Crippen molar-refractivity contribution in [3.05, 3.63) is 0 Å². The quantitative estimate of drug-likeness (QED) is 0.0222. The van der Waals surface area contributed by atoms with Crippen molar-refractivity contribution in [2.24, 2.45) is 11.8 Å². The molecule has 0 heterocycles. The van der Waals surface area contributed by atoms with Crippen molar-refractivity contribution in [1.29, 1.82) is 0 Å². The van der Waals surface area contributed by atoms with Crippen molar-refractivity contribution in [2.75, 3.05) is 39.6 Å². The van der Waals surface area contributed by atoms with Gasteiger partial charge in [0.2, 0.25) is 0 Å². The topological polar surface area (TPSA) is 237 Å². The van der Waals surface area contributed by atoms with Crippen molar-refractivity contribution in [3.63, 3.8) is 0 Å². The summed E-state index contributed by atoms with van der Waals surface area (Å²) in [6, 6.07) is 0. The molecule has 0 aliphatic heterocycles. The molecule has 0 aromatic carbocycles. The molecule has 0 saturated heterocycles. The average molecular weight is 1370 g/mol. The Morgan fingerprint density at radius 1 is 0.312 bits per heavy atom. The van der Waals surface area contributed by atoms with E-state index in [0.717, 1.165) is 102 Å². The van der Waals surface area contributed by atoms with Crippen LogP contribution in [0.1, 0.15) is 382 Å². The van der Waals surface area contributed by atoms with Gasteiger partial charge in [0.05, 0.1) is 26.4 Å². The van der Waals surface area contributed by atoms with Gasteiger partial charge in [-0.05, 0) is 37.5 Å². The highest BCUT2D eigenvalue weighted by atomic mass is 31.2. The van der Waals surface area contributed by atoms with Gasteiger partial charge in [0, 0.05) is 25.7 Å². The van der Waals surface area contributed by atoms with Crippen molar-refractivity contribution >= 4 is 39.5 Å². The Labute approximate surface area is 568 Å². The maximum atomic E-state index is 13.1. The summed E-state index contributed by atoms with van der Waals surface area (Å²) in [5.41, 5.74) is 0. The van der Waals surface area contributed by atoms with Crippen LogP contribution in [0.3, 0.4) is 0 Å². The number of ether oxygens (including phenoxy) is 4. The van der Waals surface area contributed by atoms with Gasteiger partial charge in [-0.3, -0.25) is 37.3 Å². The minimum atomic E-state index is -4.96. The van der Waals surface area contributed by atoms with E-state index >= 15 is 0 Å². The van der Waals surface area contributed by atoms with E-state index in [4.69, 9.17) is 37.0 Å². The number of phosphoric ester groups is 2.